The Labute approximate surface area is 102 Å². The predicted octanol–water partition coefficient (Wildman–Crippen LogP) is 1.86. The van der Waals surface area contributed by atoms with Crippen molar-refractivity contribution in [3.63, 3.8) is 0 Å². The number of piperidine rings is 1. The molecule has 1 heterocycles. The maximum atomic E-state index is 10.7. The molecule has 1 aliphatic rings. The van der Waals surface area contributed by atoms with Gasteiger partial charge in [-0.3, -0.25) is 4.79 Å². The van der Waals surface area contributed by atoms with E-state index >= 15 is 0 Å². The fourth-order valence-electron chi connectivity index (χ4n) is 2.47. The first-order valence-electron chi connectivity index (χ1n) is 6.24. The Morgan fingerprint density at radius 2 is 2.24 bits per heavy atom. The average Bonchev–Trinajstić information content (AvgIpc) is 2.30. The zero-order valence-corrected chi connectivity index (χ0v) is 9.98. The molecule has 0 spiro atoms. The van der Waals surface area contributed by atoms with Gasteiger partial charge in [0, 0.05) is 0 Å². The number of hydrogen-bond acceptors (Lipinski definition) is 2. The van der Waals surface area contributed by atoms with Crippen LogP contribution in [0.4, 0.5) is 0 Å². The van der Waals surface area contributed by atoms with Crippen LogP contribution in [-0.4, -0.2) is 24.2 Å². The van der Waals surface area contributed by atoms with Crippen molar-refractivity contribution in [2.45, 2.75) is 25.7 Å². The summed E-state index contributed by atoms with van der Waals surface area (Å²) in [5, 5.41) is 12.2. The smallest absolute Gasteiger partial charge is 0.307 e. The molecule has 1 saturated heterocycles. The maximum absolute atomic E-state index is 10.7. The van der Waals surface area contributed by atoms with Crippen molar-refractivity contribution in [3.05, 3.63) is 35.4 Å². The van der Waals surface area contributed by atoms with E-state index in [9.17, 15) is 4.79 Å². The normalized spacial score (nSPS) is 20.1. The van der Waals surface area contributed by atoms with Gasteiger partial charge in [0.15, 0.2) is 0 Å². The van der Waals surface area contributed by atoms with Crippen LogP contribution in [-0.2, 0) is 17.6 Å². The van der Waals surface area contributed by atoms with Crippen LogP contribution in [0.15, 0.2) is 24.3 Å². The monoisotopic (exact) mass is 233 g/mol. The molecule has 1 aromatic carbocycles. The van der Waals surface area contributed by atoms with Crippen LogP contribution in [0, 0.1) is 5.92 Å². The van der Waals surface area contributed by atoms with Crippen LogP contribution < -0.4 is 5.32 Å². The molecule has 0 amide bonds. The summed E-state index contributed by atoms with van der Waals surface area (Å²) in [7, 11) is 0. The molecular formula is C14H19NO2. The van der Waals surface area contributed by atoms with Crippen molar-refractivity contribution in [2.24, 2.45) is 5.92 Å². The third-order valence-electron chi connectivity index (χ3n) is 3.27. The highest BCUT2D eigenvalue weighted by Gasteiger charge is 2.13. The second-order valence-corrected chi connectivity index (χ2v) is 4.81. The van der Waals surface area contributed by atoms with Gasteiger partial charge in [-0.05, 0) is 49.4 Å². The fraction of sp³-hybridized carbons (Fsp3) is 0.500. The van der Waals surface area contributed by atoms with E-state index in [2.05, 4.69) is 11.4 Å². The minimum atomic E-state index is -0.763. The van der Waals surface area contributed by atoms with Crippen LogP contribution >= 0.6 is 0 Å². The van der Waals surface area contributed by atoms with Gasteiger partial charge >= 0.3 is 5.97 Å². The lowest BCUT2D eigenvalue weighted by molar-refractivity contribution is -0.136. The Hall–Kier alpha value is -1.35. The lowest BCUT2D eigenvalue weighted by Crippen LogP contribution is -2.30. The predicted molar refractivity (Wildman–Crippen MR) is 67.1 cm³/mol. The van der Waals surface area contributed by atoms with Gasteiger partial charge in [-0.15, -0.1) is 0 Å². The number of nitrogens with one attached hydrogen (secondary N) is 1. The molecule has 0 saturated carbocycles. The van der Waals surface area contributed by atoms with E-state index in [-0.39, 0.29) is 6.42 Å². The molecule has 2 rings (SSSR count). The molecular weight excluding hydrogens is 214 g/mol. The van der Waals surface area contributed by atoms with Gasteiger partial charge in [-0.1, -0.05) is 24.3 Å². The highest BCUT2D eigenvalue weighted by molar-refractivity contribution is 5.70. The van der Waals surface area contributed by atoms with Crippen molar-refractivity contribution >= 4 is 5.97 Å². The number of rotatable bonds is 4. The van der Waals surface area contributed by atoms with Gasteiger partial charge in [0.25, 0.3) is 0 Å². The molecule has 0 radical (unpaired) electrons. The van der Waals surface area contributed by atoms with E-state index in [0.717, 1.165) is 25.1 Å². The first-order chi connectivity index (χ1) is 8.24. The summed E-state index contributed by atoms with van der Waals surface area (Å²) in [4.78, 5) is 10.7. The first kappa shape index (κ1) is 12.1. The lowest BCUT2D eigenvalue weighted by atomic mass is 9.91. The van der Waals surface area contributed by atoms with Crippen LogP contribution in [0.3, 0.4) is 0 Å². The number of benzene rings is 1. The Kier molecular flexibility index (Phi) is 4.15. The van der Waals surface area contributed by atoms with Gasteiger partial charge in [0.2, 0.25) is 0 Å². The molecule has 1 aliphatic heterocycles. The highest BCUT2D eigenvalue weighted by Crippen LogP contribution is 2.17. The molecule has 1 unspecified atom stereocenters. The molecule has 3 nitrogen and oxygen atoms in total. The van der Waals surface area contributed by atoms with Crippen molar-refractivity contribution in [3.8, 4) is 0 Å². The quantitative estimate of drug-likeness (QED) is 0.834. The van der Waals surface area contributed by atoms with Crippen LogP contribution in [0.2, 0.25) is 0 Å². The minimum absolute atomic E-state index is 0.122. The van der Waals surface area contributed by atoms with E-state index < -0.39 is 5.97 Å². The molecule has 3 heteroatoms. The molecule has 0 aromatic heterocycles. The lowest BCUT2D eigenvalue weighted by Gasteiger charge is -2.22. The largest absolute Gasteiger partial charge is 0.481 e. The van der Waals surface area contributed by atoms with Crippen molar-refractivity contribution in [1.29, 1.82) is 0 Å². The second-order valence-electron chi connectivity index (χ2n) is 4.81. The van der Waals surface area contributed by atoms with Gasteiger partial charge in [0.1, 0.15) is 0 Å². The average molecular weight is 233 g/mol. The van der Waals surface area contributed by atoms with Crippen molar-refractivity contribution in [1.82, 2.24) is 5.32 Å². The zero-order valence-electron chi connectivity index (χ0n) is 9.98. The maximum Gasteiger partial charge on any atom is 0.307 e. The molecule has 1 aromatic rings. The molecule has 1 atom stereocenters. The van der Waals surface area contributed by atoms with Gasteiger partial charge < -0.3 is 10.4 Å². The van der Waals surface area contributed by atoms with Crippen LogP contribution in [0.25, 0.3) is 0 Å². The van der Waals surface area contributed by atoms with E-state index in [1.54, 1.807) is 0 Å². The van der Waals surface area contributed by atoms with Gasteiger partial charge in [0.05, 0.1) is 6.42 Å². The third kappa shape index (κ3) is 3.86. The fourth-order valence-corrected chi connectivity index (χ4v) is 2.47. The van der Waals surface area contributed by atoms with Gasteiger partial charge in [-0.25, -0.2) is 0 Å². The van der Waals surface area contributed by atoms with E-state index in [1.807, 2.05) is 18.2 Å². The number of hydrogen-bond donors (Lipinski definition) is 2. The summed E-state index contributed by atoms with van der Waals surface area (Å²) in [6.45, 7) is 2.22. The van der Waals surface area contributed by atoms with E-state index in [1.165, 1.54) is 18.4 Å². The van der Waals surface area contributed by atoms with Crippen molar-refractivity contribution < 1.29 is 9.90 Å². The highest BCUT2D eigenvalue weighted by atomic mass is 16.4. The van der Waals surface area contributed by atoms with Crippen LogP contribution in [0.5, 0.6) is 0 Å². The van der Waals surface area contributed by atoms with E-state index in [4.69, 9.17) is 5.11 Å². The zero-order chi connectivity index (χ0) is 12.1. The Balaban J connectivity index is 1.97. The SMILES string of the molecule is O=C(O)Cc1cccc(CC2CCCNC2)c1. The summed E-state index contributed by atoms with van der Waals surface area (Å²) >= 11 is 0. The Bertz CT molecular complexity index is 384. The summed E-state index contributed by atoms with van der Waals surface area (Å²) in [6, 6.07) is 7.98. The van der Waals surface area contributed by atoms with Gasteiger partial charge in [-0.2, -0.15) is 0 Å². The Morgan fingerprint density at radius 3 is 2.94 bits per heavy atom. The Morgan fingerprint density at radius 1 is 1.41 bits per heavy atom. The molecule has 1 fully saturated rings. The number of carboxylic acids is 1. The molecule has 2 N–H and O–H groups in total. The summed E-state index contributed by atoms with van der Waals surface area (Å²) in [6.07, 6.45) is 3.70. The third-order valence-corrected chi connectivity index (χ3v) is 3.27. The molecule has 17 heavy (non-hydrogen) atoms. The second kappa shape index (κ2) is 5.82. The van der Waals surface area contributed by atoms with Crippen molar-refractivity contribution in [2.75, 3.05) is 13.1 Å². The summed E-state index contributed by atoms with van der Waals surface area (Å²) < 4.78 is 0. The standard InChI is InChI=1S/C14H19NO2/c16-14(17)9-12-4-1-3-11(7-12)8-13-5-2-6-15-10-13/h1,3-4,7,13,15H,2,5-6,8-10H2,(H,16,17). The molecule has 0 aliphatic carbocycles. The minimum Gasteiger partial charge on any atom is -0.481 e. The first-order valence-corrected chi connectivity index (χ1v) is 6.24. The summed E-state index contributed by atoms with van der Waals surface area (Å²) in [5.41, 5.74) is 2.16. The number of carboxylic acid groups (broad SMARTS) is 1. The topological polar surface area (TPSA) is 49.3 Å². The number of carbonyl (C=O) groups is 1. The summed E-state index contributed by atoms with van der Waals surface area (Å²) in [5.74, 6) is -0.0645. The van der Waals surface area contributed by atoms with Crippen LogP contribution in [0.1, 0.15) is 24.0 Å². The van der Waals surface area contributed by atoms with E-state index in [0.29, 0.717) is 5.92 Å². The molecule has 92 valence electrons. The molecule has 0 bridgehead atoms. The number of aliphatic carboxylic acids is 1.